The minimum Gasteiger partial charge on any atom is -0.497 e. The number of ether oxygens (including phenoxy) is 1. The van der Waals surface area contributed by atoms with Gasteiger partial charge in [0.1, 0.15) is 17.7 Å². The fraction of sp³-hybridized carbons (Fsp3) is 0.429. The summed E-state index contributed by atoms with van der Waals surface area (Å²) in [4.78, 5) is 0. The average molecular weight is 238 g/mol. The molecule has 0 saturated heterocycles. The van der Waals surface area contributed by atoms with E-state index in [1.165, 1.54) is 12.1 Å². The number of rotatable bonds is 2. The van der Waals surface area contributed by atoms with E-state index in [-0.39, 0.29) is 6.10 Å². The third-order valence-corrected chi connectivity index (χ3v) is 3.10. The maximum absolute atomic E-state index is 13.6. The van der Waals surface area contributed by atoms with Crippen LogP contribution in [0.25, 0.3) is 5.57 Å². The molecule has 92 valence electrons. The molecule has 0 amide bonds. The van der Waals surface area contributed by atoms with Gasteiger partial charge in [-0.1, -0.05) is 13.8 Å². The van der Waals surface area contributed by atoms with E-state index in [1.807, 2.05) is 0 Å². The van der Waals surface area contributed by atoms with Gasteiger partial charge in [0.15, 0.2) is 0 Å². The second-order valence-electron chi connectivity index (χ2n) is 4.72. The quantitative estimate of drug-likeness (QED) is 0.752. The lowest BCUT2D eigenvalue weighted by Gasteiger charge is -2.26. The van der Waals surface area contributed by atoms with Crippen LogP contribution in [0.15, 0.2) is 24.5 Å². The number of halogens is 2. The van der Waals surface area contributed by atoms with Crippen LogP contribution in [-0.2, 0) is 4.74 Å². The van der Waals surface area contributed by atoms with Crippen molar-refractivity contribution in [3.05, 3.63) is 41.7 Å². The Bertz CT molecular complexity index is 438. The van der Waals surface area contributed by atoms with Crippen molar-refractivity contribution in [2.45, 2.75) is 32.8 Å². The van der Waals surface area contributed by atoms with Crippen LogP contribution in [-0.4, -0.2) is 6.10 Å². The highest BCUT2D eigenvalue weighted by molar-refractivity contribution is 5.65. The summed E-state index contributed by atoms with van der Waals surface area (Å²) in [6.45, 7) is 4.20. The molecule has 0 spiro atoms. The normalized spacial score (nSPS) is 20.1. The first-order valence-electron chi connectivity index (χ1n) is 5.88. The monoisotopic (exact) mass is 238 g/mol. The second kappa shape index (κ2) is 4.86. The minimum atomic E-state index is -0.552. The summed E-state index contributed by atoms with van der Waals surface area (Å²) in [7, 11) is 0. The lowest BCUT2D eigenvalue weighted by atomic mass is 9.94. The molecule has 1 aromatic rings. The molecule has 0 N–H and O–H groups in total. The number of benzene rings is 1. The van der Waals surface area contributed by atoms with Crippen LogP contribution in [0.4, 0.5) is 8.78 Å². The maximum atomic E-state index is 13.6. The highest BCUT2D eigenvalue weighted by Gasteiger charge is 2.20. The van der Waals surface area contributed by atoms with Crippen LogP contribution in [0.2, 0.25) is 0 Å². The van der Waals surface area contributed by atoms with E-state index < -0.39 is 11.6 Å². The molecule has 2 rings (SSSR count). The molecule has 1 aromatic carbocycles. The molecule has 1 heterocycles. The third kappa shape index (κ3) is 2.65. The first-order valence-corrected chi connectivity index (χ1v) is 5.88. The zero-order valence-electron chi connectivity index (χ0n) is 10.0. The van der Waals surface area contributed by atoms with Gasteiger partial charge < -0.3 is 4.74 Å². The first kappa shape index (κ1) is 12.1. The van der Waals surface area contributed by atoms with Gasteiger partial charge in [-0.3, -0.25) is 0 Å². The molecule has 0 aromatic heterocycles. The summed E-state index contributed by atoms with van der Waals surface area (Å²) in [5, 5.41) is 0. The van der Waals surface area contributed by atoms with Crippen molar-refractivity contribution >= 4 is 5.57 Å². The smallest absolute Gasteiger partial charge is 0.133 e. The van der Waals surface area contributed by atoms with Gasteiger partial charge in [0, 0.05) is 11.6 Å². The average Bonchev–Trinajstić information content (AvgIpc) is 2.29. The van der Waals surface area contributed by atoms with Crippen LogP contribution < -0.4 is 0 Å². The van der Waals surface area contributed by atoms with E-state index in [1.54, 1.807) is 6.26 Å². The highest BCUT2D eigenvalue weighted by atomic mass is 19.1. The first-order chi connectivity index (χ1) is 8.08. The molecular formula is C14H16F2O. The fourth-order valence-electron chi connectivity index (χ4n) is 2.03. The van der Waals surface area contributed by atoms with Crippen LogP contribution in [0.3, 0.4) is 0 Å². The van der Waals surface area contributed by atoms with E-state index in [9.17, 15) is 8.78 Å². The predicted octanol–water partition coefficient (Wildman–Crippen LogP) is 4.14. The van der Waals surface area contributed by atoms with Crippen LogP contribution >= 0.6 is 0 Å². The second-order valence-corrected chi connectivity index (χ2v) is 4.72. The van der Waals surface area contributed by atoms with Gasteiger partial charge in [-0.05, 0) is 36.5 Å². The van der Waals surface area contributed by atoms with Crippen molar-refractivity contribution < 1.29 is 13.5 Å². The van der Waals surface area contributed by atoms with E-state index in [0.717, 1.165) is 24.5 Å². The molecule has 0 fully saturated rings. The third-order valence-electron chi connectivity index (χ3n) is 3.10. The van der Waals surface area contributed by atoms with E-state index in [4.69, 9.17) is 4.74 Å². The molecule has 1 unspecified atom stereocenters. The van der Waals surface area contributed by atoms with Crippen LogP contribution in [0.5, 0.6) is 0 Å². The Morgan fingerprint density at radius 1 is 1.29 bits per heavy atom. The Hall–Kier alpha value is -1.38. The van der Waals surface area contributed by atoms with Crippen molar-refractivity contribution in [2.75, 3.05) is 0 Å². The van der Waals surface area contributed by atoms with Gasteiger partial charge in [0.05, 0.1) is 6.26 Å². The summed E-state index contributed by atoms with van der Waals surface area (Å²) in [6, 6.07) is 3.65. The van der Waals surface area contributed by atoms with Gasteiger partial charge >= 0.3 is 0 Å². The summed E-state index contributed by atoms with van der Waals surface area (Å²) in [6.07, 6.45) is 3.46. The summed E-state index contributed by atoms with van der Waals surface area (Å²) in [5.41, 5.74) is 1.24. The Morgan fingerprint density at radius 2 is 2.06 bits per heavy atom. The molecule has 0 aliphatic carbocycles. The molecule has 1 aliphatic heterocycles. The number of hydrogen-bond acceptors (Lipinski definition) is 1. The van der Waals surface area contributed by atoms with Gasteiger partial charge in [-0.2, -0.15) is 0 Å². The van der Waals surface area contributed by atoms with Gasteiger partial charge in [0.25, 0.3) is 0 Å². The zero-order valence-corrected chi connectivity index (χ0v) is 10.0. The molecule has 1 aliphatic rings. The Kier molecular flexibility index (Phi) is 3.46. The van der Waals surface area contributed by atoms with Crippen molar-refractivity contribution in [1.82, 2.24) is 0 Å². The van der Waals surface area contributed by atoms with Crippen molar-refractivity contribution in [3.8, 4) is 0 Å². The summed E-state index contributed by atoms with van der Waals surface area (Å²) in [5.74, 6) is -0.627. The highest BCUT2D eigenvalue weighted by Crippen LogP contribution is 2.30. The van der Waals surface area contributed by atoms with E-state index >= 15 is 0 Å². The van der Waals surface area contributed by atoms with Crippen molar-refractivity contribution in [1.29, 1.82) is 0 Å². The Morgan fingerprint density at radius 3 is 2.59 bits per heavy atom. The Balaban J connectivity index is 2.19. The number of hydrogen-bond donors (Lipinski definition) is 0. The molecular weight excluding hydrogens is 222 g/mol. The van der Waals surface area contributed by atoms with Crippen LogP contribution in [0.1, 0.15) is 32.3 Å². The molecule has 0 radical (unpaired) electrons. The molecule has 3 heteroatoms. The number of allylic oxidation sites excluding steroid dienone is 1. The SMILES string of the molecule is CC(C)C1CCC(c2ccc(F)cc2F)=CO1. The molecule has 1 atom stereocenters. The van der Waals surface area contributed by atoms with Gasteiger partial charge in [-0.15, -0.1) is 0 Å². The maximum Gasteiger partial charge on any atom is 0.133 e. The standard InChI is InChI=1S/C14H16F2O/c1-9(2)14-6-3-10(8-17-14)12-5-4-11(15)7-13(12)16/h4-5,7-9,14H,3,6H2,1-2H3. The fourth-order valence-corrected chi connectivity index (χ4v) is 2.03. The van der Waals surface area contributed by atoms with E-state index in [0.29, 0.717) is 11.5 Å². The zero-order chi connectivity index (χ0) is 12.4. The van der Waals surface area contributed by atoms with Gasteiger partial charge in [-0.25, -0.2) is 8.78 Å². The largest absolute Gasteiger partial charge is 0.497 e. The van der Waals surface area contributed by atoms with Crippen LogP contribution in [0, 0.1) is 17.6 Å². The van der Waals surface area contributed by atoms with Crippen molar-refractivity contribution in [2.24, 2.45) is 5.92 Å². The topological polar surface area (TPSA) is 9.23 Å². The summed E-state index contributed by atoms with van der Waals surface area (Å²) >= 11 is 0. The van der Waals surface area contributed by atoms with Crippen molar-refractivity contribution in [3.63, 3.8) is 0 Å². The molecule has 0 bridgehead atoms. The summed E-state index contributed by atoms with van der Waals surface area (Å²) < 4.78 is 31.9. The molecule has 1 nitrogen and oxygen atoms in total. The molecule has 17 heavy (non-hydrogen) atoms. The van der Waals surface area contributed by atoms with E-state index in [2.05, 4.69) is 13.8 Å². The lowest BCUT2D eigenvalue weighted by molar-refractivity contribution is 0.0858. The predicted molar refractivity (Wildman–Crippen MR) is 63.3 cm³/mol. The van der Waals surface area contributed by atoms with Gasteiger partial charge in [0.2, 0.25) is 0 Å². The lowest BCUT2D eigenvalue weighted by Crippen LogP contribution is -2.20. The minimum absolute atomic E-state index is 0.197. The molecule has 0 saturated carbocycles. The Labute approximate surface area is 100 Å².